The smallest absolute Gasteiger partial charge is 0.330 e. The highest BCUT2D eigenvalue weighted by Crippen LogP contribution is 2.32. The van der Waals surface area contributed by atoms with Gasteiger partial charge in [0.05, 0.1) is 0 Å². The predicted molar refractivity (Wildman–Crippen MR) is 151 cm³/mol. The first-order chi connectivity index (χ1) is 19.8. The summed E-state index contributed by atoms with van der Waals surface area (Å²) in [6, 6.07) is 16.6. The molecule has 1 saturated carbocycles. The third-order valence-corrected chi connectivity index (χ3v) is 7.51. The molecular weight excluding hydrogens is 527 g/mol. The number of fused-ring (bicyclic) bond motifs is 1. The molecule has 2 aromatic carbocycles. The molecule has 0 saturated heterocycles. The molecule has 3 aromatic heterocycles. The van der Waals surface area contributed by atoms with Crippen LogP contribution in [-0.2, 0) is 13.0 Å². The number of nitrogens with one attached hydrogen (secondary N) is 2. The molecule has 1 amide bonds. The molecule has 11 heteroatoms. The lowest BCUT2D eigenvalue weighted by Crippen LogP contribution is -2.30. The first-order valence-electron chi connectivity index (χ1n) is 13.3. The van der Waals surface area contributed by atoms with E-state index in [1.165, 1.54) is 27.8 Å². The van der Waals surface area contributed by atoms with Gasteiger partial charge in [0, 0.05) is 31.4 Å². The molecule has 0 spiro atoms. The highest BCUT2D eigenvalue weighted by Gasteiger charge is 2.27. The van der Waals surface area contributed by atoms with E-state index in [0.29, 0.717) is 29.5 Å². The molecule has 3 N–H and O–H groups in total. The van der Waals surface area contributed by atoms with Crippen LogP contribution in [0.2, 0.25) is 0 Å². The summed E-state index contributed by atoms with van der Waals surface area (Å²) in [5.41, 5.74) is 1.25. The molecule has 10 nitrogen and oxygen atoms in total. The van der Waals surface area contributed by atoms with Crippen molar-refractivity contribution in [3.8, 4) is 5.88 Å². The van der Waals surface area contributed by atoms with Crippen LogP contribution in [0.5, 0.6) is 5.88 Å². The zero-order chi connectivity index (χ0) is 28.7. The Morgan fingerprint density at radius 1 is 1.10 bits per heavy atom. The van der Waals surface area contributed by atoms with Gasteiger partial charge in [0.15, 0.2) is 5.65 Å². The number of anilines is 1. The van der Waals surface area contributed by atoms with Crippen LogP contribution in [0.4, 0.5) is 10.1 Å². The summed E-state index contributed by atoms with van der Waals surface area (Å²) < 4.78 is 16.3. The van der Waals surface area contributed by atoms with Gasteiger partial charge in [0.2, 0.25) is 5.88 Å². The van der Waals surface area contributed by atoms with Gasteiger partial charge in [0.1, 0.15) is 22.7 Å². The van der Waals surface area contributed by atoms with E-state index in [9.17, 15) is 23.9 Å². The number of aromatic nitrogens is 5. The molecule has 41 heavy (non-hydrogen) atoms. The molecule has 1 unspecified atom stereocenters. The maximum absolute atomic E-state index is 14.8. The van der Waals surface area contributed by atoms with Crippen molar-refractivity contribution in [1.82, 2.24) is 24.5 Å². The van der Waals surface area contributed by atoms with Crippen molar-refractivity contribution in [2.45, 2.75) is 31.7 Å². The number of imidazole rings is 1. The molecule has 1 atom stereocenters. The van der Waals surface area contributed by atoms with E-state index in [1.807, 2.05) is 12.1 Å². The minimum Gasteiger partial charge on any atom is -0.493 e. The van der Waals surface area contributed by atoms with Gasteiger partial charge < -0.3 is 15.0 Å². The Morgan fingerprint density at radius 3 is 2.56 bits per heavy atom. The first kappa shape index (κ1) is 26.2. The number of hydrogen-bond acceptors (Lipinski definition) is 6. The normalized spacial score (nSPS) is 13.8. The van der Waals surface area contributed by atoms with Crippen molar-refractivity contribution in [2.24, 2.45) is 5.92 Å². The summed E-state index contributed by atoms with van der Waals surface area (Å²) in [5, 5.41) is 10.0. The number of pyridine rings is 1. The topological polar surface area (TPSA) is 137 Å². The first-order valence-corrected chi connectivity index (χ1v) is 13.3. The fourth-order valence-corrected chi connectivity index (χ4v) is 5.00. The minimum absolute atomic E-state index is 0.0706. The zero-order valence-corrected chi connectivity index (χ0v) is 22.2. The third kappa shape index (κ3) is 5.13. The maximum Gasteiger partial charge on any atom is 0.330 e. The van der Waals surface area contributed by atoms with Crippen molar-refractivity contribution in [3.05, 3.63) is 116 Å². The molecule has 5 aromatic rings. The second kappa shape index (κ2) is 10.5. The summed E-state index contributed by atoms with van der Waals surface area (Å²) in [4.78, 5) is 53.7. The molecule has 0 aliphatic heterocycles. The number of aromatic hydroxyl groups is 1. The summed E-state index contributed by atoms with van der Waals surface area (Å²) in [5.74, 6) is -0.864. The molecular formula is C30H27FN6O4. The predicted octanol–water partition coefficient (Wildman–Crippen LogP) is 3.71. The van der Waals surface area contributed by atoms with Gasteiger partial charge in [-0.25, -0.2) is 19.2 Å². The van der Waals surface area contributed by atoms with Crippen LogP contribution in [-0.4, -0.2) is 42.6 Å². The van der Waals surface area contributed by atoms with E-state index in [4.69, 9.17) is 4.98 Å². The fourth-order valence-electron chi connectivity index (χ4n) is 5.00. The number of benzene rings is 2. The van der Waals surface area contributed by atoms with Crippen LogP contribution in [0.15, 0.2) is 76.4 Å². The fraction of sp³-hybridized carbons (Fsp3) is 0.233. The zero-order valence-electron chi connectivity index (χ0n) is 22.2. The van der Waals surface area contributed by atoms with Crippen molar-refractivity contribution in [3.63, 3.8) is 0 Å². The van der Waals surface area contributed by atoms with Gasteiger partial charge in [-0.2, -0.15) is 0 Å². The molecule has 3 heterocycles. The Morgan fingerprint density at radius 2 is 1.85 bits per heavy atom. The van der Waals surface area contributed by atoms with E-state index in [0.717, 1.165) is 18.4 Å². The second-order valence-corrected chi connectivity index (χ2v) is 10.3. The Kier molecular flexibility index (Phi) is 6.70. The van der Waals surface area contributed by atoms with E-state index in [1.54, 1.807) is 43.4 Å². The number of halogens is 1. The molecule has 1 fully saturated rings. The number of amides is 1. The maximum atomic E-state index is 14.8. The monoisotopic (exact) mass is 554 g/mol. The lowest BCUT2D eigenvalue weighted by atomic mass is 9.91. The summed E-state index contributed by atoms with van der Waals surface area (Å²) >= 11 is 0. The van der Waals surface area contributed by atoms with Crippen molar-refractivity contribution in [2.75, 3.05) is 11.9 Å². The Hall–Kier alpha value is -5.06. The molecule has 1 aliphatic carbocycles. The van der Waals surface area contributed by atoms with Gasteiger partial charge in [-0.05, 0) is 66.6 Å². The second-order valence-electron chi connectivity index (χ2n) is 10.3. The van der Waals surface area contributed by atoms with E-state index < -0.39 is 23.1 Å². The lowest BCUT2D eigenvalue weighted by Gasteiger charge is -2.20. The van der Waals surface area contributed by atoms with Gasteiger partial charge >= 0.3 is 5.69 Å². The lowest BCUT2D eigenvalue weighted by molar-refractivity contribution is 0.0989. The average Bonchev–Trinajstić information content (AvgIpc) is 3.69. The Labute approximate surface area is 233 Å². The summed E-state index contributed by atoms with van der Waals surface area (Å²) in [6.45, 7) is 0.468. The Balaban J connectivity index is 1.39. The molecule has 6 rings (SSSR count). The number of carbonyl (C=O) groups excluding carboxylic acids is 1. The summed E-state index contributed by atoms with van der Waals surface area (Å²) in [6.07, 6.45) is 3.66. The molecule has 208 valence electrons. The third-order valence-electron chi connectivity index (χ3n) is 7.51. The largest absolute Gasteiger partial charge is 0.493 e. The molecule has 0 radical (unpaired) electrons. The number of hydrogen-bond donors (Lipinski definition) is 3. The van der Waals surface area contributed by atoms with Crippen LogP contribution in [0.25, 0.3) is 11.2 Å². The van der Waals surface area contributed by atoms with Gasteiger partial charge in [-0.15, -0.1) is 0 Å². The van der Waals surface area contributed by atoms with Gasteiger partial charge in [-0.1, -0.05) is 30.3 Å². The highest BCUT2D eigenvalue weighted by atomic mass is 19.1. The van der Waals surface area contributed by atoms with Crippen molar-refractivity contribution >= 4 is 22.8 Å². The quantitative estimate of drug-likeness (QED) is 0.267. The Bertz CT molecular complexity index is 1870. The van der Waals surface area contributed by atoms with E-state index in [2.05, 4.69) is 15.0 Å². The van der Waals surface area contributed by atoms with Crippen molar-refractivity contribution < 1.29 is 14.3 Å². The summed E-state index contributed by atoms with van der Waals surface area (Å²) in [7, 11) is 1.59. The standard InChI is InChI=1S/C30H27FN6O4/c1-36(29(40)21-6-4-14-32-27(21)38)20-12-10-18(11-13-20)22(15-19-5-2-3-7-23(19)31)25-33-24-26(34-25)37(16-17-8-9-17)30(41)35-28(24)39/h2-7,10-14,17,22H,8-9,15-16H2,1H3,(H,32,38)(H,33,34)(H,35,39,41). The van der Waals surface area contributed by atoms with Crippen molar-refractivity contribution in [1.29, 1.82) is 0 Å². The van der Waals surface area contributed by atoms with Crippen LogP contribution in [0.3, 0.4) is 0 Å². The SMILES string of the molecule is CN(C(=O)c1cccnc1O)c1ccc(C(Cc2ccccc2F)c2nc3c([nH]2)c(=O)[nH]c(=O)n3CC2CC2)cc1. The van der Waals surface area contributed by atoms with Crippen LogP contribution < -0.4 is 16.1 Å². The van der Waals surface area contributed by atoms with Crippen LogP contribution >= 0.6 is 0 Å². The van der Waals surface area contributed by atoms with E-state index >= 15 is 0 Å². The number of nitrogens with zero attached hydrogens (tertiary/aromatic N) is 4. The van der Waals surface area contributed by atoms with E-state index in [-0.39, 0.29) is 34.8 Å². The highest BCUT2D eigenvalue weighted by molar-refractivity contribution is 6.07. The van der Waals surface area contributed by atoms with Crippen LogP contribution in [0.1, 0.15) is 46.1 Å². The van der Waals surface area contributed by atoms with Crippen LogP contribution in [0, 0.1) is 11.7 Å². The number of carbonyl (C=O) groups is 1. The average molecular weight is 555 g/mol. The number of rotatable bonds is 8. The van der Waals surface area contributed by atoms with Gasteiger partial charge in [-0.3, -0.25) is 19.1 Å². The molecule has 0 bridgehead atoms. The van der Waals surface area contributed by atoms with Gasteiger partial charge in [0.25, 0.3) is 11.5 Å². The number of H-pyrrole nitrogens is 2. The number of aromatic amines is 2. The molecule has 1 aliphatic rings. The minimum atomic E-state index is -0.561.